The number of carbonyl (C=O) groups excluding carboxylic acids is 3. The topological polar surface area (TPSA) is 92.9 Å². The molecular formula is C29H31N3O4. The molecule has 0 aromatic heterocycles. The molecule has 1 aliphatic carbocycles. The van der Waals surface area contributed by atoms with Crippen molar-refractivity contribution in [1.82, 2.24) is 0 Å². The second-order valence-corrected chi connectivity index (χ2v) is 10.5. The molecule has 1 amide bonds. The number of ketones is 1. The first-order valence-corrected chi connectivity index (χ1v) is 12.2. The highest BCUT2D eigenvalue weighted by atomic mass is 16.5. The number of rotatable bonds is 3. The van der Waals surface area contributed by atoms with Crippen molar-refractivity contribution in [3.63, 3.8) is 0 Å². The minimum absolute atomic E-state index is 0.00112. The highest BCUT2D eigenvalue weighted by Crippen LogP contribution is 2.58. The Labute approximate surface area is 211 Å². The number of anilines is 2. The fourth-order valence-corrected chi connectivity index (χ4v) is 6.07. The van der Waals surface area contributed by atoms with Gasteiger partial charge in [-0.25, -0.2) is 4.79 Å². The van der Waals surface area contributed by atoms with Crippen molar-refractivity contribution in [3.05, 3.63) is 82.3 Å². The summed E-state index contributed by atoms with van der Waals surface area (Å²) in [6.45, 7) is 7.84. The van der Waals surface area contributed by atoms with Crippen LogP contribution in [0.2, 0.25) is 0 Å². The predicted octanol–water partition coefficient (Wildman–Crippen LogP) is 4.11. The molecule has 2 N–H and O–H groups in total. The zero-order chi connectivity index (χ0) is 26.0. The van der Waals surface area contributed by atoms with Crippen LogP contribution in [0.25, 0.3) is 0 Å². The number of nitrogens with zero attached hydrogens (tertiary/aromatic N) is 2. The van der Waals surface area contributed by atoms with E-state index < -0.39 is 11.4 Å². The SMILES string of the molecule is CCOC(=O)C1=C(N)N(c2ccccc2C)C2=C(C(=O)CC(C)(C)C2)C12C(=O)N(C)c1ccccc12. The van der Waals surface area contributed by atoms with Gasteiger partial charge in [0.15, 0.2) is 5.78 Å². The van der Waals surface area contributed by atoms with Crippen LogP contribution in [-0.2, 0) is 24.5 Å². The Morgan fingerprint density at radius 3 is 2.33 bits per heavy atom. The first-order valence-electron chi connectivity index (χ1n) is 12.2. The lowest BCUT2D eigenvalue weighted by Gasteiger charge is -2.47. The van der Waals surface area contributed by atoms with Crippen LogP contribution in [0.1, 0.15) is 44.7 Å². The molecule has 1 unspecified atom stereocenters. The van der Waals surface area contributed by atoms with Gasteiger partial charge < -0.3 is 15.4 Å². The van der Waals surface area contributed by atoms with Crippen LogP contribution in [0.4, 0.5) is 11.4 Å². The number of benzene rings is 2. The number of hydrogen-bond donors (Lipinski definition) is 1. The average Bonchev–Trinajstić information content (AvgIpc) is 3.02. The van der Waals surface area contributed by atoms with Crippen LogP contribution in [0.5, 0.6) is 0 Å². The Kier molecular flexibility index (Phi) is 5.36. The highest BCUT2D eigenvalue weighted by Gasteiger charge is 2.64. The van der Waals surface area contributed by atoms with E-state index in [1.54, 1.807) is 18.9 Å². The fraction of sp³-hybridized carbons (Fsp3) is 0.345. The lowest BCUT2D eigenvalue weighted by atomic mass is 9.60. The van der Waals surface area contributed by atoms with Crippen molar-refractivity contribution in [3.8, 4) is 0 Å². The molecule has 1 spiro atoms. The summed E-state index contributed by atoms with van der Waals surface area (Å²) in [5.41, 5.74) is 8.78. The minimum Gasteiger partial charge on any atom is -0.462 e. The molecule has 2 aromatic carbocycles. The van der Waals surface area contributed by atoms with Gasteiger partial charge in [-0.3, -0.25) is 14.5 Å². The molecule has 2 aromatic rings. The Hall–Kier alpha value is -3.87. The number of fused-ring (bicyclic) bond motifs is 3. The van der Waals surface area contributed by atoms with Crippen LogP contribution >= 0.6 is 0 Å². The molecule has 2 aliphatic heterocycles. The third-order valence-corrected chi connectivity index (χ3v) is 7.50. The number of para-hydroxylation sites is 2. The number of nitrogens with two attached hydrogens (primary N) is 1. The quantitative estimate of drug-likeness (QED) is 0.658. The third-order valence-electron chi connectivity index (χ3n) is 7.50. The highest BCUT2D eigenvalue weighted by molar-refractivity contribution is 6.24. The van der Waals surface area contributed by atoms with Gasteiger partial charge in [-0.05, 0) is 43.4 Å². The average molecular weight is 486 g/mol. The maximum atomic E-state index is 14.3. The van der Waals surface area contributed by atoms with Gasteiger partial charge in [0.25, 0.3) is 0 Å². The van der Waals surface area contributed by atoms with E-state index in [4.69, 9.17) is 10.5 Å². The monoisotopic (exact) mass is 485 g/mol. The van der Waals surface area contributed by atoms with E-state index in [2.05, 4.69) is 0 Å². The summed E-state index contributed by atoms with van der Waals surface area (Å²) in [6.07, 6.45) is 0.768. The summed E-state index contributed by atoms with van der Waals surface area (Å²) >= 11 is 0. The van der Waals surface area contributed by atoms with E-state index in [1.165, 1.54) is 4.90 Å². The maximum absolute atomic E-state index is 14.3. The zero-order valence-electron chi connectivity index (χ0n) is 21.3. The van der Waals surface area contributed by atoms with Crippen LogP contribution in [0.15, 0.2) is 71.2 Å². The molecular weight excluding hydrogens is 454 g/mol. The van der Waals surface area contributed by atoms with Crippen molar-refractivity contribution in [2.45, 2.75) is 46.0 Å². The first kappa shape index (κ1) is 23.9. The van der Waals surface area contributed by atoms with Crippen molar-refractivity contribution in [1.29, 1.82) is 0 Å². The fourth-order valence-electron chi connectivity index (χ4n) is 6.07. The number of amides is 1. The predicted molar refractivity (Wildman–Crippen MR) is 138 cm³/mol. The number of hydrogen-bond acceptors (Lipinski definition) is 6. The minimum atomic E-state index is -1.66. The largest absolute Gasteiger partial charge is 0.462 e. The first-order chi connectivity index (χ1) is 17.1. The lowest BCUT2D eigenvalue weighted by molar-refractivity contribution is -0.140. The molecule has 5 rings (SSSR count). The molecule has 3 aliphatic rings. The van der Waals surface area contributed by atoms with E-state index in [0.717, 1.165) is 11.3 Å². The number of allylic oxidation sites excluding steroid dienone is 1. The Morgan fingerprint density at radius 2 is 1.67 bits per heavy atom. The van der Waals surface area contributed by atoms with Gasteiger partial charge in [-0.1, -0.05) is 50.2 Å². The van der Waals surface area contributed by atoms with E-state index in [0.29, 0.717) is 28.9 Å². The lowest BCUT2D eigenvalue weighted by Crippen LogP contribution is -2.55. The second-order valence-electron chi connectivity index (χ2n) is 10.5. The van der Waals surface area contributed by atoms with Gasteiger partial charge >= 0.3 is 5.97 Å². The molecule has 0 radical (unpaired) electrons. The molecule has 7 nitrogen and oxygen atoms in total. The van der Waals surface area contributed by atoms with Gasteiger partial charge in [-0.2, -0.15) is 0 Å². The molecule has 2 heterocycles. The number of carbonyl (C=O) groups is 3. The summed E-state index contributed by atoms with van der Waals surface area (Å²) in [5, 5.41) is 0. The van der Waals surface area contributed by atoms with Crippen molar-refractivity contribution < 1.29 is 19.1 Å². The van der Waals surface area contributed by atoms with Crippen LogP contribution in [0, 0.1) is 12.3 Å². The molecule has 0 bridgehead atoms. The van der Waals surface area contributed by atoms with Gasteiger partial charge in [0, 0.05) is 36.0 Å². The van der Waals surface area contributed by atoms with Crippen molar-refractivity contribution in [2.75, 3.05) is 23.5 Å². The summed E-state index contributed by atoms with van der Waals surface area (Å²) in [7, 11) is 1.67. The Balaban J connectivity index is 1.95. The van der Waals surface area contributed by atoms with Crippen LogP contribution in [0.3, 0.4) is 0 Å². The maximum Gasteiger partial charge on any atom is 0.339 e. The number of aryl methyl sites for hydroxylation is 1. The summed E-state index contributed by atoms with van der Waals surface area (Å²) in [4.78, 5) is 45.4. The third kappa shape index (κ3) is 3.08. The van der Waals surface area contributed by atoms with Crippen molar-refractivity contribution >= 4 is 29.0 Å². The molecule has 7 heteroatoms. The standard InChI is InChI=1S/C29H31N3O4/c1-6-36-26(34)24-25(30)32(19-13-9-7-11-17(19)2)21-15-28(3,4)16-22(33)23(21)29(24)18-12-8-10-14-20(18)31(5)27(29)35/h7-14H,6,15-16,30H2,1-5H3. The van der Waals surface area contributed by atoms with Gasteiger partial charge in [0.2, 0.25) is 5.91 Å². The zero-order valence-corrected chi connectivity index (χ0v) is 21.3. The van der Waals surface area contributed by atoms with Gasteiger partial charge in [0.1, 0.15) is 16.8 Å². The molecule has 36 heavy (non-hydrogen) atoms. The Morgan fingerprint density at radius 1 is 1.03 bits per heavy atom. The summed E-state index contributed by atoms with van der Waals surface area (Å²) < 4.78 is 5.50. The van der Waals surface area contributed by atoms with E-state index in [9.17, 15) is 14.4 Å². The molecule has 186 valence electrons. The Bertz CT molecular complexity index is 1390. The van der Waals surface area contributed by atoms with Crippen molar-refractivity contribution in [2.24, 2.45) is 11.1 Å². The number of likely N-dealkylation sites (N-methyl/N-ethyl adjacent to an activating group) is 1. The van der Waals surface area contributed by atoms with Crippen LogP contribution in [-0.4, -0.2) is 31.3 Å². The molecule has 1 atom stereocenters. The summed E-state index contributed by atoms with van der Waals surface area (Å²) in [6, 6.07) is 15.0. The molecule has 0 saturated heterocycles. The van der Waals surface area contributed by atoms with Crippen LogP contribution < -0.4 is 15.5 Å². The van der Waals surface area contributed by atoms with E-state index >= 15 is 0 Å². The normalized spacial score (nSPS) is 22.8. The van der Waals surface area contributed by atoms with E-state index in [1.807, 2.05) is 69.3 Å². The summed E-state index contributed by atoms with van der Waals surface area (Å²) in [5.74, 6) is -1.12. The number of Topliss-reactive ketones (excluding diaryl/α,β-unsaturated/α-hetero) is 1. The number of ether oxygens (including phenoxy) is 1. The molecule has 0 saturated carbocycles. The molecule has 0 fully saturated rings. The smallest absolute Gasteiger partial charge is 0.339 e. The number of esters is 1. The second kappa shape index (κ2) is 8.08. The van der Waals surface area contributed by atoms with E-state index in [-0.39, 0.29) is 41.5 Å². The van der Waals surface area contributed by atoms with Gasteiger partial charge in [-0.15, -0.1) is 0 Å². The van der Waals surface area contributed by atoms with Gasteiger partial charge in [0.05, 0.1) is 12.3 Å².